The summed E-state index contributed by atoms with van der Waals surface area (Å²) in [7, 11) is 0. The Kier molecular flexibility index (Phi) is 6.95. The zero-order valence-corrected chi connectivity index (χ0v) is 15.7. The molecule has 0 spiro atoms. The first-order chi connectivity index (χ1) is 11.5. The summed E-state index contributed by atoms with van der Waals surface area (Å²) in [6, 6.07) is 1.55. The van der Waals surface area contributed by atoms with Crippen LogP contribution in [0.1, 0.15) is 30.8 Å². The van der Waals surface area contributed by atoms with Crippen molar-refractivity contribution in [3.8, 4) is 0 Å². The van der Waals surface area contributed by atoms with Crippen LogP contribution in [0.15, 0.2) is 6.07 Å². The van der Waals surface area contributed by atoms with Crippen LogP contribution >= 0.6 is 23.2 Å². The van der Waals surface area contributed by atoms with Crippen LogP contribution in [0.25, 0.3) is 0 Å². The van der Waals surface area contributed by atoms with Gasteiger partial charge in [-0.25, -0.2) is 0 Å². The molecule has 0 atom stereocenters. The number of halogens is 2. The number of nitrogens with one attached hydrogen (secondary N) is 1. The lowest BCUT2D eigenvalue weighted by Crippen LogP contribution is -2.42. The van der Waals surface area contributed by atoms with Crippen LogP contribution in [0.5, 0.6) is 0 Å². The van der Waals surface area contributed by atoms with Gasteiger partial charge in [0.1, 0.15) is 10.8 Å². The third kappa shape index (κ3) is 4.65. The molecule has 0 aliphatic carbocycles. The first kappa shape index (κ1) is 19.1. The van der Waals surface area contributed by atoms with Gasteiger partial charge >= 0.3 is 0 Å². The van der Waals surface area contributed by atoms with Crippen molar-refractivity contribution >= 4 is 35.0 Å². The van der Waals surface area contributed by atoms with Crippen molar-refractivity contribution in [2.75, 3.05) is 45.8 Å². The Bertz CT molecular complexity index is 567. The molecular weight excluding hydrogens is 351 g/mol. The normalized spacial score (nSPS) is 16.1. The number of H-pyrrole nitrogens is 1. The second-order valence-corrected chi connectivity index (χ2v) is 6.62. The Morgan fingerprint density at radius 1 is 1.17 bits per heavy atom. The van der Waals surface area contributed by atoms with Crippen LogP contribution in [0.2, 0.25) is 10.2 Å². The Morgan fingerprint density at radius 3 is 2.46 bits per heavy atom. The van der Waals surface area contributed by atoms with E-state index in [1.807, 2.05) is 18.7 Å². The smallest absolute Gasteiger partial charge is 0.270 e. The maximum absolute atomic E-state index is 12.5. The molecule has 1 aromatic heterocycles. The first-order valence-electron chi connectivity index (χ1n) is 8.29. The van der Waals surface area contributed by atoms with Crippen molar-refractivity contribution in [1.82, 2.24) is 19.7 Å². The van der Waals surface area contributed by atoms with E-state index in [1.165, 1.54) is 0 Å². The number of carbonyl (C=O) groups excluding carboxylic acids is 2. The van der Waals surface area contributed by atoms with Gasteiger partial charge in [-0.15, -0.1) is 0 Å². The van der Waals surface area contributed by atoms with Crippen molar-refractivity contribution in [3.05, 3.63) is 21.9 Å². The van der Waals surface area contributed by atoms with Crippen molar-refractivity contribution in [2.45, 2.75) is 20.3 Å². The summed E-state index contributed by atoms with van der Waals surface area (Å²) in [5.41, 5.74) is 0.401. The molecule has 8 heteroatoms. The number of amides is 2. The number of aromatic nitrogens is 1. The van der Waals surface area contributed by atoms with Crippen LogP contribution in [-0.4, -0.2) is 77.3 Å². The number of hydrogen-bond donors (Lipinski definition) is 1. The Labute approximate surface area is 152 Å². The van der Waals surface area contributed by atoms with E-state index in [1.54, 1.807) is 11.0 Å². The van der Waals surface area contributed by atoms with Gasteiger partial charge in [0.15, 0.2) is 0 Å². The Morgan fingerprint density at radius 2 is 1.88 bits per heavy atom. The minimum atomic E-state index is -0.110. The zero-order chi connectivity index (χ0) is 17.7. The van der Waals surface area contributed by atoms with Crippen LogP contribution in [0.4, 0.5) is 0 Å². The summed E-state index contributed by atoms with van der Waals surface area (Å²) < 4.78 is 0. The third-order valence-corrected chi connectivity index (χ3v) is 5.00. The van der Waals surface area contributed by atoms with Gasteiger partial charge in [-0.05, 0) is 26.3 Å². The summed E-state index contributed by atoms with van der Waals surface area (Å²) in [4.78, 5) is 33.3. The second-order valence-electron chi connectivity index (χ2n) is 5.83. The Balaban J connectivity index is 1.92. The molecular formula is C16H24Cl2N4O2. The lowest BCUT2D eigenvalue weighted by Gasteiger charge is -2.25. The topological polar surface area (TPSA) is 59.7 Å². The predicted molar refractivity (Wildman–Crippen MR) is 95.7 cm³/mol. The quantitative estimate of drug-likeness (QED) is 0.860. The largest absolute Gasteiger partial charge is 0.342 e. The van der Waals surface area contributed by atoms with Gasteiger partial charge in [0, 0.05) is 39.3 Å². The molecule has 1 saturated heterocycles. The van der Waals surface area contributed by atoms with E-state index in [2.05, 4.69) is 9.88 Å². The van der Waals surface area contributed by atoms with Crippen molar-refractivity contribution in [1.29, 1.82) is 0 Å². The summed E-state index contributed by atoms with van der Waals surface area (Å²) in [6.45, 7) is 8.55. The van der Waals surface area contributed by atoms with Gasteiger partial charge in [0.25, 0.3) is 5.91 Å². The number of likely N-dealkylation sites (N-methyl/N-ethyl adjacent to an activating group) is 1. The molecule has 0 radical (unpaired) electrons. The van der Waals surface area contributed by atoms with Crippen LogP contribution in [-0.2, 0) is 4.79 Å². The molecule has 1 aliphatic heterocycles. The fraction of sp³-hybridized carbons (Fsp3) is 0.625. The van der Waals surface area contributed by atoms with Gasteiger partial charge in [0.2, 0.25) is 5.91 Å². The maximum Gasteiger partial charge on any atom is 0.270 e. The molecule has 1 fully saturated rings. The molecule has 2 amide bonds. The minimum absolute atomic E-state index is 0.110. The molecule has 1 aliphatic rings. The van der Waals surface area contributed by atoms with Gasteiger partial charge < -0.3 is 14.8 Å². The maximum atomic E-state index is 12.5. The lowest BCUT2D eigenvalue weighted by atomic mass is 10.3. The average molecular weight is 375 g/mol. The number of nitrogens with zero attached hydrogens (tertiary/aromatic N) is 3. The van der Waals surface area contributed by atoms with E-state index in [0.717, 1.165) is 26.1 Å². The molecule has 134 valence electrons. The predicted octanol–water partition coefficient (Wildman–Crippen LogP) is 2.34. The third-order valence-electron chi connectivity index (χ3n) is 4.31. The van der Waals surface area contributed by atoms with E-state index < -0.39 is 0 Å². The number of hydrogen-bond acceptors (Lipinski definition) is 3. The summed E-state index contributed by atoms with van der Waals surface area (Å²) in [6.07, 6.45) is 0.833. The van der Waals surface area contributed by atoms with Crippen LogP contribution < -0.4 is 0 Å². The minimum Gasteiger partial charge on any atom is -0.342 e. The van der Waals surface area contributed by atoms with E-state index in [9.17, 15) is 9.59 Å². The number of aromatic amines is 1. The number of rotatable bonds is 5. The highest BCUT2D eigenvalue weighted by Gasteiger charge is 2.23. The van der Waals surface area contributed by atoms with E-state index in [0.29, 0.717) is 36.9 Å². The number of carbonyl (C=O) groups is 2. The van der Waals surface area contributed by atoms with Crippen LogP contribution in [0, 0.1) is 0 Å². The molecule has 2 heterocycles. The summed E-state index contributed by atoms with van der Waals surface area (Å²) in [5.74, 6) is 0.0310. The van der Waals surface area contributed by atoms with E-state index >= 15 is 0 Å². The zero-order valence-electron chi connectivity index (χ0n) is 14.1. The fourth-order valence-electron chi connectivity index (χ4n) is 2.89. The van der Waals surface area contributed by atoms with E-state index in [4.69, 9.17) is 23.2 Å². The lowest BCUT2D eigenvalue weighted by molar-refractivity contribution is -0.132. The molecule has 1 aromatic rings. The standard InChI is InChI=1S/C16H24Cl2N4O2/c1-3-21(4-2)14(23)11-20-6-5-7-22(9-8-20)16(24)13-10-12(17)15(18)19-13/h10,19H,3-9,11H2,1-2H3. The molecule has 2 rings (SSSR count). The van der Waals surface area contributed by atoms with E-state index in [-0.39, 0.29) is 17.0 Å². The monoisotopic (exact) mass is 374 g/mol. The highest BCUT2D eigenvalue weighted by atomic mass is 35.5. The Hall–Kier alpha value is -1.24. The molecule has 24 heavy (non-hydrogen) atoms. The van der Waals surface area contributed by atoms with Crippen molar-refractivity contribution in [2.24, 2.45) is 0 Å². The van der Waals surface area contributed by atoms with Gasteiger partial charge in [-0.3, -0.25) is 14.5 Å². The molecule has 0 aromatic carbocycles. The molecule has 0 saturated carbocycles. The van der Waals surface area contributed by atoms with Crippen molar-refractivity contribution < 1.29 is 9.59 Å². The van der Waals surface area contributed by atoms with Gasteiger partial charge in [0.05, 0.1) is 11.6 Å². The highest BCUT2D eigenvalue weighted by Crippen LogP contribution is 2.23. The average Bonchev–Trinajstić information content (AvgIpc) is 2.76. The van der Waals surface area contributed by atoms with Crippen LogP contribution in [0.3, 0.4) is 0 Å². The molecule has 0 unspecified atom stereocenters. The summed E-state index contributed by atoms with van der Waals surface area (Å²) >= 11 is 11.8. The fourth-order valence-corrected chi connectivity index (χ4v) is 3.20. The SMILES string of the molecule is CCN(CC)C(=O)CN1CCCN(C(=O)c2cc(Cl)c(Cl)[nH]2)CC1. The first-order valence-corrected chi connectivity index (χ1v) is 9.05. The van der Waals surface area contributed by atoms with Gasteiger partial charge in [-0.1, -0.05) is 23.2 Å². The summed E-state index contributed by atoms with van der Waals surface area (Å²) in [5, 5.41) is 0.627. The molecule has 1 N–H and O–H groups in total. The second kappa shape index (κ2) is 8.74. The van der Waals surface area contributed by atoms with Crippen molar-refractivity contribution in [3.63, 3.8) is 0 Å². The highest BCUT2D eigenvalue weighted by molar-refractivity contribution is 6.41. The molecule has 6 nitrogen and oxygen atoms in total. The van der Waals surface area contributed by atoms with Gasteiger partial charge in [-0.2, -0.15) is 0 Å². The molecule has 0 bridgehead atoms.